The van der Waals surface area contributed by atoms with Gasteiger partial charge in [0.2, 0.25) is 0 Å². The Morgan fingerprint density at radius 2 is 0.800 bits per heavy atom. The second-order valence-electron chi connectivity index (χ2n) is 5.63. The van der Waals surface area contributed by atoms with Crippen LogP contribution in [0.5, 0.6) is 0 Å². The fourth-order valence-electron chi connectivity index (χ4n) is 3.88. The first kappa shape index (κ1) is 18.6. The van der Waals surface area contributed by atoms with Gasteiger partial charge in [0.05, 0.1) is 33.9 Å². The Hall–Kier alpha value is -2.78. The van der Waals surface area contributed by atoms with Crippen LogP contribution in [0.2, 0.25) is 0 Å². The molecule has 2 saturated carbocycles. The van der Waals surface area contributed by atoms with Gasteiger partial charge in [-0.2, -0.15) is 0 Å². The van der Waals surface area contributed by atoms with Gasteiger partial charge in [-0.1, -0.05) is 0 Å². The molecule has 0 aromatic carbocycles. The summed E-state index contributed by atoms with van der Waals surface area (Å²) in [5.41, 5.74) is -1.95. The number of ether oxygens (including phenoxy) is 4. The van der Waals surface area contributed by atoms with E-state index in [1.54, 1.807) is 0 Å². The normalized spacial score (nSPS) is 29.1. The summed E-state index contributed by atoms with van der Waals surface area (Å²) in [6.07, 6.45) is 0. The van der Waals surface area contributed by atoms with Crippen LogP contribution in [0.15, 0.2) is 0 Å². The number of esters is 4. The molecule has 10 heteroatoms. The van der Waals surface area contributed by atoms with Gasteiger partial charge in [-0.15, -0.1) is 0 Å². The van der Waals surface area contributed by atoms with E-state index in [4.69, 9.17) is 0 Å². The van der Waals surface area contributed by atoms with Crippen LogP contribution in [-0.4, -0.2) is 63.9 Å². The first-order valence-corrected chi connectivity index (χ1v) is 7.14. The lowest BCUT2D eigenvalue weighted by Crippen LogP contribution is -2.80. The van der Waals surface area contributed by atoms with Crippen molar-refractivity contribution in [3.63, 3.8) is 0 Å². The maximum atomic E-state index is 12.4. The first-order valence-electron chi connectivity index (χ1n) is 7.14. The van der Waals surface area contributed by atoms with Crippen molar-refractivity contribution in [1.29, 1.82) is 0 Å². The Balaban J connectivity index is 2.67. The second kappa shape index (κ2) is 6.26. The van der Waals surface area contributed by atoms with Crippen molar-refractivity contribution >= 4 is 35.4 Å². The third-order valence-corrected chi connectivity index (χ3v) is 4.89. The Bertz CT molecular complexity index is 564. The summed E-state index contributed by atoms with van der Waals surface area (Å²) in [7, 11) is 3.98. The molecule has 2 aliphatic rings. The third kappa shape index (κ3) is 2.09. The molecule has 0 aromatic rings. The largest absolute Gasteiger partial charge is 0.468 e. The minimum atomic E-state index is -1.95. The van der Waals surface area contributed by atoms with E-state index in [0.717, 1.165) is 28.4 Å². The fourth-order valence-corrected chi connectivity index (χ4v) is 3.88. The topological polar surface area (TPSA) is 139 Å². The maximum Gasteiger partial charge on any atom is 0.316 e. The van der Waals surface area contributed by atoms with Gasteiger partial charge in [0.15, 0.2) is 11.6 Å². The summed E-state index contributed by atoms with van der Waals surface area (Å²) in [5, 5.41) is 0. The van der Waals surface area contributed by atoms with Gasteiger partial charge in [-0.25, -0.2) is 0 Å². The molecule has 10 nitrogen and oxygen atoms in total. The average molecular weight is 356 g/mol. The van der Waals surface area contributed by atoms with Crippen LogP contribution < -0.4 is 0 Å². The zero-order chi connectivity index (χ0) is 19.1. The van der Waals surface area contributed by atoms with Crippen molar-refractivity contribution in [2.45, 2.75) is 0 Å². The predicted octanol–water partition coefficient (Wildman–Crippen LogP) is -1.70. The standard InChI is InChI=1S/C15H16O10/c1-22-11(18)5-9(16)6(12(19)23-2)15(5)7(13(20)24-3)10(17)8(15)14(21)25-4/h5-8H,1-4H3/t5-,6-,7-,8-/m0/s1. The summed E-state index contributed by atoms with van der Waals surface area (Å²) in [4.78, 5) is 73.1. The van der Waals surface area contributed by atoms with Gasteiger partial charge < -0.3 is 18.9 Å². The van der Waals surface area contributed by atoms with Crippen molar-refractivity contribution in [3.05, 3.63) is 0 Å². The average Bonchev–Trinajstić information content (AvgIpc) is 2.59. The van der Waals surface area contributed by atoms with Gasteiger partial charge in [0, 0.05) is 0 Å². The Labute approximate surface area is 141 Å². The highest BCUT2D eigenvalue weighted by atomic mass is 16.5. The van der Waals surface area contributed by atoms with Crippen molar-refractivity contribution in [3.8, 4) is 0 Å². The predicted molar refractivity (Wildman–Crippen MR) is 74.5 cm³/mol. The lowest BCUT2D eigenvalue weighted by Gasteiger charge is -2.61. The van der Waals surface area contributed by atoms with Crippen molar-refractivity contribution < 1.29 is 47.7 Å². The van der Waals surface area contributed by atoms with E-state index >= 15 is 0 Å². The number of methoxy groups -OCH3 is 4. The summed E-state index contributed by atoms with van der Waals surface area (Å²) in [6.45, 7) is 0. The van der Waals surface area contributed by atoms with Crippen LogP contribution in [-0.2, 0) is 47.7 Å². The molecule has 0 aromatic heterocycles. The number of carbonyl (C=O) groups is 6. The highest BCUT2D eigenvalue weighted by Crippen LogP contribution is 2.67. The lowest BCUT2D eigenvalue weighted by molar-refractivity contribution is -0.223. The van der Waals surface area contributed by atoms with Gasteiger partial charge in [0.25, 0.3) is 0 Å². The SMILES string of the molecule is COC(=O)[C@@H]1C(=O)[C@@H](C(=O)OC)C12[C@H](C(=O)OC)C(=O)[C@H]2C(=O)OC. The second-order valence-corrected chi connectivity index (χ2v) is 5.63. The summed E-state index contributed by atoms with van der Waals surface area (Å²) in [6, 6.07) is 0. The Morgan fingerprint density at radius 3 is 0.960 bits per heavy atom. The molecular weight excluding hydrogens is 340 g/mol. The van der Waals surface area contributed by atoms with Crippen molar-refractivity contribution in [2.24, 2.45) is 29.1 Å². The Kier molecular flexibility index (Phi) is 4.65. The van der Waals surface area contributed by atoms with E-state index in [0.29, 0.717) is 0 Å². The molecule has 0 amide bonds. The molecule has 0 bridgehead atoms. The molecule has 25 heavy (non-hydrogen) atoms. The molecule has 1 spiro atoms. The van der Waals surface area contributed by atoms with Crippen LogP contribution in [0.1, 0.15) is 0 Å². The van der Waals surface area contributed by atoms with Gasteiger partial charge in [0.1, 0.15) is 23.7 Å². The minimum absolute atomic E-state index is 0.894. The van der Waals surface area contributed by atoms with Crippen molar-refractivity contribution in [1.82, 2.24) is 0 Å². The summed E-state index contributed by atoms with van der Waals surface area (Å²) < 4.78 is 18.2. The zero-order valence-electron chi connectivity index (χ0n) is 13.9. The number of hydrogen-bond acceptors (Lipinski definition) is 10. The number of hydrogen-bond donors (Lipinski definition) is 0. The number of ketones is 2. The van der Waals surface area contributed by atoms with Gasteiger partial charge >= 0.3 is 23.9 Å². The Morgan fingerprint density at radius 1 is 0.600 bits per heavy atom. The molecule has 136 valence electrons. The van der Waals surface area contributed by atoms with Crippen LogP contribution >= 0.6 is 0 Å². The highest BCUT2D eigenvalue weighted by Gasteiger charge is 2.85. The first-order chi connectivity index (χ1) is 11.7. The molecular formula is C15H16O10. The molecule has 0 heterocycles. The monoisotopic (exact) mass is 356 g/mol. The molecule has 0 radical (unpaired) electrons. The molecule has 0 N–H and O–H groups in total. The third-order valence-electron chi connectivity index (χ3n) is 4.89. The van der Waals surface area contributed by atoms with Crippen molar-refractivity contribution in [2.75, 3.05) is 28.4 Å². The van der Waals surface area contributed by atoms with Crippen LogP contribution in [0, 0.1) is 29.1 Å². The molecule has 0 saturated heterocycles. The molecule has 2 aliphatic carbocycles. The zero-order valence-corrected chi connectivity index (χ0v) is 13.9. The van der Waals surface area contributed by atoms with E-state index < -0.39 is 64.5 Å². The lowest BCUT2D eigenvalue weighted by atomic mass is 9.34. The van der Waals surface area contributed by atoms with E-state index in [9.17, 15) is 28.8 Å². The molecule has 4 atom stereocenters. The minimum Gasteiger partial charge on any atom is -0.468 e. The van der Waals surface area contributed by atoms with E-state index in [1.165, 1.54) is 0 Å². The molecule has 2 rings (SSSR count). The summed E-state index contributed by atoms with van der Waals surface area (Å²) in [5.74, 6) is -12.7. The number of Topliss-reactive ketones (excluding diaryl/α,β-unsaturated/α-hetero) is 2. The van der Waals surface area contributed by atoms with E-state index in [1.807, 2.05) is 0 Å². The summed E-state index contributed by atoms with van der Waals surface area (Å²) >= 11 is 0. The van der Waals surface area contributed by atoms with E-state index in [-0.39, 0.29) is 0 Å². The van der Waals surface area contributed by atoms with E-state index in [2.05, 4.69) is 18.9 Å². The molecule has 0 aliphatic heterocycles. The molecule has 2 fully saturated rings. The van der Waals surface area contributed by atoms with Crippen LogP contribution in [0.25, 0.3) is 0 Å². The molecule has 0 unspecified atom stereocenters. The van der Waals surface area contributed by atoms with Crippen LogP contribution in [0.4, 0.5) is 0 Å². The number of rotatable bonds is 4. The highest BCUT2D eigenvalue weighted by molar-refractivity contribution is 6.26. The van der Waals surface area contributed by atoms with Gasteiger partial charge in [-0.05, 0) is 0 Å². The van der Waals surface area contributed by atoms with Gasteiger partial charge in [-0.3, -0.25) is 28.8 Å². The maximum absolute atomic E-state index is 12.4. The number of carbonyl (C=O) groups excluding carboxylic acids is 6. The quantitative estimate of drug-likeness (QED) is 0.325. The van der Waals surface area contributed by atoms with Crippen LogP contribution in [0.3, 0.4) is 0 Å². The smallest absolute Gasteiger partial charge is 0.316 e. The fraction of sp³-hybridized carbons (Fsp3) is 0.600.